The van der Waals surface area contributed by atoms with Crippen LogP contribution in [-0.4, -0.2) is 24.3 Å². The van der Waals surface area contributed by atoms with E-state index in [9.17, 15) is 4.79 Å². The first-order valence-electron chi connectivity index (χ1n) is 6.33. The van der Waals surface area contributed by atoms with E-state index in [2.05, 4.69) is 18.9 Å². The molecule has 0 aromatic carbocycles. The standard InChI is InChI=1S/C15H16O3/c1-4-10-5-6-11-13(10)9(3)14(17-11)12-7-8(2)15(16)18-12/h1,5,7,9,11-14H,6H2,2-3H3/t9-,11+,12-,13-,14-/m0/s1. The number of esters is 1. The lowest BCUT2D eigenvalue weighted by Gasteiger charge is -2.22. The van der Waals surface area contributed by atoms with E-state index >= 15 is 0 Å². The van der Waals surface area contributed by atoms with Crippen molar-refractivity contribution in [2.24, 2.45) is 11.8 Å². The van der Waals surface area contributed by atoms with Gasteiger partial charge in [-0.05, 0) is 25.3 Å². The van der Waals surface area contributed by atoms with Crippen LogP contribution in [0.4, 0.5) is 0 Å². The maximum absolute atomic E-state index is 11.4. The summed E-state index contributed by atoms with van der Waals surface area (Å²) in [7, 11) is 0. The maximum atomic E-state index is 11.4. The molecule has 0 N–H and O–H groups in total. The lowest BCUT2D eigenvalue weighted by molar-refractivity contribution is -0.145. The molecule has 3 nitrogen and oxygen atoms in total. The van der Waals surface area contributed by atoms with Gasteiger partial charge in [0, 0.05) is 17.1 Å². The van der Waals surface area contributed by atoms with Crippen LogP contribution in [0.25, 0.3) is 0 Å². The molecule has 18 heavy (non-hydrogen) atoms. The summed E-state index contributed by atoms with van der Waals surface area (Å²) in [5, 5.41) is 0. The van der Waals surface area contributed by atoms with Gasteiger partial charge in [0.1, 0.15) is 12.2 Å². The normalized spacial score (nSPS) is 42.1. The SMILES string of the molecule is C#CC1=CC[C@H]2O[C@H]([C@@H]3C=C(C)C(=O)O3)[C@@H](C)[C@@H]12. The molecular weight excluding hydrogens is 228 g/mol. The van der Waals surface area contributed by atoms with E-state index in [0.29, 0.717) is 5.57 Å². The summed E-state index contributed by atoms with van der Waals surface area (Å²) in [6.45, 7) is 3.90. The molecule has 94 valence electrons. The van der Waals surface area contributed by atoms with Crippen LogP contribution in [0.2, 0.25) is 0 Å². The number of ether oxygens (including phenoxy) is 2. The highest BCUT2D eigenvalue weighted by Gasteiger charge is 2.49. The van der Waals surface area contributed by atoms with Crippen molar-refractivity contribution in [3.8, 4) is 12.3 Å². The fraction of sp³-hybridized carbons (Fsp3) is 0.533. The van der Waals surface area contributed by atoms with E-state index in [1.807, 2.05) is 6.08 Å². The highest BCUT2D eigenvalue weighted by molar-refractivity contribution is 5.90. The van der Waals surface area contributed by atoms with Gasteiger partial charge in [0.25, 0.3) is 0 Å². The Hall–Kier alpha value is -1.53. The van der Waals surface area contributed by atoms with E-state index in [4.69, 9.17) is 15.9 Å². The zero-order valence-corrected chi connectivity index (χ0v) is 10.6. The topological polar surface area (TPSA) is 35.5 Å². The van der Waals surface area contributed by atoms with Crippen LogP contribution in [0.1, 0.15) is 20.3 Å². The average molecular weight is 244 g/mol. The van der Waals surface area contributed by atoms with Crippen molar-refractivity contribution in [3.63, 3.8) is 0 Å². The minimum absolute atomic E-state index is 0.0709. The van der Waals surface area contributed by atoms with Gasteiger partial charge in [-0.1, -0.05) is 18.9 Å². The largest absolute Gasteiger partial charge is 0.452 e. The Morgan fingerprint density at radius 3 is 2.89 bits per heavy atom. The molecule has 2 heterocycles. The Morgan fingerprint density at radius 1 is 1.50 bits per heavy atom. The highest BCUT2D eigenvalue weighted by Crippen LogP contribution is 2.45. The lowest BCUT2D eigenvalue weighted by atomic mass is 9.84. The summed E-state index contributed by atoms with van der Waals surface area (Å²) in [4.78, 5) is 11.4. The van der Waals surface area contributed by atoms with Gasteiger partial charge in [-0.15, -0.1) is 6.42 Å². The third-order valence-corrected chi connectivity index (χ3v) is 4.22. The van der Waals surface area contributed by atoms with Gasteiger partial charge in [0.05, 0.1) is 6.10 Å². The number of carbonyl (C=O) groups is 1. The van der Waals surface area contributed by atoms with Crippen molar-refractivity contribution >= 4 is 5.97 Å². The van der Waals surface area contributed by atoms with Gasteiger partial charge in [-0.25, -0.2) is 4.79 Å². The van der Waals surface area contributed by atoms with Crippen LogP contribution >= 0.6 is 0 Å². The molecule has 5 atom stereocenters. The van der Waals surface area contributed by atoms with Gasteiger partial charge < -0.3 is 9.47 Å². The third kappa shape index (κ3) is 1.53. The molecule has 0 aromatic heterocycles. The number of cyclic esters (lactones) is 1. The fourth-order valence-electron chi connectivity index (χ4n) is 3.28. The molecule has 3 heteroatoms. The molecule has 2 aliphatic heterocycles. The second kappa shape index (κ2) is 4.00. The van der Waals surface area contributed by atoms with E-state index in [1.54, 1.807) is 6.92 Å². The van der Waals surface area contributed by atoms with E-state index in [-0.39, 0.29) is 36.1 Å². The second-order valence-electron chi connectivity index (χ2n) is 5.28. The molecule has 1 aliphatic carbocycles. The number of carbonyl (C=O) groups excluding carboxylic acids is 1. The summed E-state index contributed by atoms with van der Waals surface area (Å²) in [6.07, 6.45) is 10.2. The van der Waals surface area contributed by atoms with E-state index in [0.717, 1.165) is 12.0 Å². The monoisotopic (exact) mass is 244 g/mol. The molecule has 3 rings (SSSR count). The Bertz CT molecular complexity index is 494. The Morgan fingerprint density at radius 2 is 2.28 bits per heavy atom. The number of rotatable bonds is 1. The zero-order chi connectivity index (χ0) is 12.9. The van der Waals surface area contributed by atoms with Crippen molar-refractivity contribution in [2.45, 2.75) is 38.6 Å². The average Bonchev–Trinajstić information content (AvgIpc) is 2.97. The minimum atomic E-state index is -0.253. The van der Waals surface area contributed by atoms with Gasteiger partial charge >= 0.3 is 5.97 Å². The van der Waals surface area contributed by atoms with E-state index in [1.165, 1.54) is 0 Å². The number of hydrogen-bond acceptors (Lipinski definition) is 3. The summed E-state index contributed by atoms with van der Waals surface area (Å²) >= 11 is 0. The predicted octanol–water partition coefficient (Wildman–Crippen LogP) is 1.84. The van der Waals surface area contributed by atoms with Gasteiger partial charge in [-0.2, -0.15) is 0 Å². The van der Waals surface area contributed by atoms with Crippen LogP contribution in [0, 0.1) is 24.2 Å². The second-order valence-corrected chi connectivity index (χ2v) is 5.28. The number of terminal acetylenes is 1. The minimum Gasteiger partial charge on any atom is -0.452 e. The lowest BCUT2D eigenvalue weighted by Crippen LogP contribution is -2.31. The van der Waals surface area contributed by atoms with Crippen LogP contribution < -0.4 is 0 Å². The van der Waals surface area contributed by atoms with Crippen molar-refractivity contribution < 1.29 is 14.3 Å². The quantitative estimate of drug-likeness (QED) is 0.521. The fourth-order valence-corrected chi connectivity index (χ4v) is 3.28. The molecule has 0 saturated carbocycles. The summed E-state index contributed by atoms with van der Waals surface area (Å²) in [6, 6.07) is 0. The molecule has 1 fully saturated rings. The highest BCUT2D eigenvalue weighted by atomic mass is 16.6. The first kappa shape index (κ1) is 11.6. The van der Waals surface area contributed by atoms with Gasteiger partial charge in [-0.3, -0.25) is 0 Å². The molecule has 1 saturated heterocycles. The summed E-state index contributed by atoms with van der Waals surface area (Å²) in [5.41, 5.74) is 1.71. The Kier molecular flexibility index (Phi) is 2.57. The molecule has 0 amide bonds. The first-order valence-corrected chi connectivity index (χ1v) is 6.33. The third-order valence-electron chi connectivity index (χ3n) is 4.22. The summed E-state index contributed by atoms with van der Waals surface area (Å²) < 4.78 is 11.4. The number of fused-ring (bicyclic) bond motifs is 1. The molecule has 0 bridgehead atoms. The Balaban J connectivity index is 1.81. The van der Waals surface area contributed by atoms with Gasteiger partial charge in [0.2, 0.25) is 0 Å². The summed E-state index contributed by atoms with van der Waals surface area (Å²) in [5.74, 6) is 3.08. The smallest absolute Gasteiger partial charge is 0.334 e. The molecule has 0 aromatic rings. The molecule has 0 spiro atoms. The van der Waals surface area contributed by atoms with Crippen LogP contribution in [0.5, 0.6) is 0 Å². The Labute approximate surface area is 107 Å². The molecule has 3 aliphatic rings. The molecular formula is C15H16O3. The van der Waals surface area contributed by atoms with Crippen LogP contribution in [0.3, 0.4) is 0 Å². The number of hydrogen-bond donors (Lipinski definition) is 0. The van der Waals surface area contributed by atoms with Gasteiger partial charge in [0.15, 0.2) is 0 Å². The van der Waals surface area contributed by atoms with Crippen LogP contribution in [-0.2, 0) is 14.3 Å². The van der Waals surface area contributed by atoms with Crippen molar-refractivity contribution in [2.75, 3.05) is 0 Å². The zero-order valence-electron chi connectivity index (χ0n) is 10.6. The predicted molar refractivity (Wildman–Crippen MR) is 66.5 cm³/mol. The van der Waals surface area contributed by atoms with Crippen LogP contribution in [0.15, 0.2) is 23.3 Å². The molecule has 0 unspecified atom stereocenters. The van der Waals surface area contributed by atoms with Crippen molar-refractivity contribution in [1.82, 2.24) is 0 Å². The molecule has 0 radical (unpaired) electrons. The first-order chi connectivity index (χ1) is 8.61. The van der Waals surface area contributed by atoms with Crippen molar-refractivity contribution in [3.05, 3.63) is 23.3 Å². The van der Waals surface area contributed by atoms with Crippen molar-refractivity contribution in [1.29, 1.82) is 0 Å². The maximum Gasteiger partial charge on any atom is 0.334 e. The van der Waals surface area contributed by atoms with E-state index < -0.39 is 0 Å².